The molecule has 1 rings (SSSR count). The van der Waals surface area contributed by atoms with Gasteiger partial charge in [-0.2, -0.15) is 0 Å². The van der Waals surface area contributed by atoms with Crippen LogP contribution in [0.5, 0.6) is 0 Å². The number of carbonyl (C=O) groups excluding carboxylic acids is 1. The average Bonchev–Trinajstić information content (AvgIpc) is 2.36. The first-order chi connectivity index (χ1) is 5.61. The Hall–Kier alpha value is -0.610. The van der Waals surface area contributed by atoms with Gasteiger partial charge < -0.3 is 14.6 Å². The van der Waals surface area contributed by atoms with Crippen LogP contribution in [0, 0.1) is 0 Å². The molecule has 0 aliphatic carbocycles. The Morgan fingerprint density at radius 3 is 2.83 bits per heavy atom. The van der Waals surface area contributed by atoms with Crippen molar-refractivity contribution in [3.8, 4) is 0 Å². The molecule has 4 nitrogen and oxygen atoms in total. The smallest absolute Gasteiger partial charge is 0.335 e. The summed E-state index contributed by atoms with van der Waals surface area (Å²) < 4.78 is 10.2. The number of aliphatic hydroxyl groups excluding tert-OH is 1. The molecule has 2 unspecified atom stereocenters. The molecule has 0 radical (unpaired) electrons. The van der Waals surface area contributed by atoms with Gasteiger partial charge in [0.1, 0.15) is 12.2 Å². The summed E-state index contributed by atoms with van der Waals surface area (Å²) in [6.07, 6.45) is -0.558. The van der Waals surface area contributed by atoms with Gasteiger partial charge in [-0.25, -0.2) is 4.79 Å². The molecule has 0 bridgehead atoms. The van der Waals surface area contributed by atoms with Crippen molar-refractivity contribution in [1.82, 2.24) is 0 Å². The average molecular weight is 174 g/mol. The van der Waals surface area contributed by atoms with Crippen molar-refractivity contribution in [3.05, 3.63) is 0 Å². The third kappa shape index (κ3) is 2.19. The fraction of sp³-hybridized carbons (Fsp3) is 0.875. The molecule has 1 saturated heterocycles. The fourth-order valence-electron chi connectivity index (χ4n) is 1.11. The summed E-state index contributed by atoms with van der Waals surface area (Å²) in [7, 11) is 0. The van der Waals surface area contributed by atoms with E-state index in [0.29, 0.717) is 6.61 Å². The third-order valence-corrected chi connectivity index (χ3v) is 1.92. The predicted octanol–water partition coefficient (Wildman–Crippen LogP) is 0.0878. The zero-order chi connectivity index (χ0) is 9.14. The van der Waals surface area contributed by atoms with Gasteiger partial charge in [0.2, 0.25) is 0 Å². The van der Waals surface area contributed by atoms with Gasteiger partial charge in [-0.3, -0.25) is 0 Å². The number of carbonyl (C=O) groups is 1. The van der Waals surface area contributed by atoms with Crippen molar-refractivity contribution in [3.63, 3.8) is 0 Å². The summed E-state index contributed by atoms with van der Waals surface area (Å²) in [5.74, 6) is -0.572. The minimum atomic E-state index is -1.04. The summed E-state index contributed by atoms with van der Waals surface area (Å²) in [5.41, 5.74) is 0. The molecule has 1 fully saturated rings. The molecular weight excluding hydrogens is 160 g/mol. The SMILES string of the molecule is CC1OCCC1OC(=O)[C@H](C)O. The number of hydrogen-bond acceptors (Lipinski definition) is 4. The Labute approximate surface area is 71.5 Å². The maximum absolute atomic E-state index is 10.9. The van der Waals surface area contributed by atoms with E-state index in [0.717, 1.165) is 6.42 Å². The first-order valence-corrected chi connectivity index (χ1v) is 4.11. The molecule has 0 amide bonds. The summed E-state index contributed by atoms with van der Waals surface area (Å²) in [5, 5.41) is 8.85. The van der Waals surface area contributed by atoms with Crippen molar-refractivity contribution in [2.24, 2.45) is 0 Å². The third-order valence-electron chi connectivity index (χ3n) is 1.92. The van der Waals surface area contributed by atoms with E-state index in [4.69, 9.17) is 14.6 Å². The van der Waals surface area contributed by atoms with Gasteiger partial charge >= 0.3 is 5.97 Å². The second-order valence-electron chi connectivity index (χ2n) is 3.02. The second-order valence-corrected chi connectivity index (χ2v) is 3.02. The lowest BCUT2D eigenvalue weighted by molar-refractivity contribution is -0.160. The quantitative estimate of drug-likeness (QED) is 0.603. The Balaban J connectivity index is 2.35. The van der Waals surface area contributed by atoms with Gasteiger partial charge in [0.05, 0.1) is 12.7 Å². The minimum absolute atomic E-state index is 0.0484. The maximum Gasteiger partial charge on any atom is 0.335 e. The van der Waals surface area contributed by atoms with E-state index in [-0.39, 0.29) is 12.2 Å². The summed E-state index contributed by atoms with van der Waals surface area (Å²) in [6, 6.07) is 0. The fourth-order valence-corrected chi connectivity index (χ4v) is 1.11. The zero-order valence-corrected chi connectivity index (χ0v) is 7.32. The van der Waals surface area contributed by atoms with Gasteiger partial charge in [0, 0.05) is 6.42 Å². The molecule has 1 N–H and O–H groups in total. The molecule has 0 saturated carbocycles. The van der Waals surface area contributed by atoms with Crippen molar-refractivity contribution in [2.75, 3.05) is 6.61 Å². The van der Waals surface area contributed by atoms with Crippen LogP contribution in [-0.2, 0) is 14.3 Å². The Morgan fingerprint density at radius 1 is 1.75 bits per heavy atom. The molecule has 1 heterocycles. The Kier molecular flexibility index (Phi) is 3.05. The maximum atomic E-state index is 10.9. The van der Waals surface area contributed by atoms with E-state index >= 15 is 0 Å². The summed E-state index contributed by atoms with van der Waals surface area (Å²) in [4.78, 5) is 10.9. The van der Waals surface area contributed by atoms with Gasteiger partial charge in [-0.05, 0) is 13.8 Å². The highest BCUT2D eigenvalue weighted by atomic mass is 16.6. The monoisotopic (exact) mass is 174 g/mol. The van der Waals surface area contributed by atoms with Crippen molar-refractivity contribution in [2.45, 2.75) is 38.6 Å². The van der Waals surface area contributed by atoms with Crippen LogP contribution in [0.15, 0.2) is 0 Å². The molecule has 12 heavy (non-hydrogen) atoms. The van der Waals surface area contributed by atoms with E-state index in [2.05, 4.69) is 0 Å². The van der Waals surface area contributed by atoms with Crippen LogP contribution >= 0.6 is 0 Å². The molecule has 0 spiro atoms. The normalized spacial score (nSPS) is 31.6. The molecule has 1 aliphatic heterocycles. The summed E-state index contributed by atoms with van der Waals surface area (Å²) >= 11 is 0. The van der Waals surface area contributed by atoms with E-state index < -0.39 is 12.1 Å². The second kappa shape index (κ2) is 3.87. The first-order valence-electron chi connectivity index (χ1n) is 4.11. The molecule has 3 atom stereocenters. The molecule has 1 aliphatic rings. The number of aliphatic hydroxyl groups is 1. The zero-order valence-electron chi connectivity index (χ0n) is 7.32. The highest BCUT2D eigenvalue weighted by Gasteiger charge is 2.28. The predicted molar refractivity (Wildman–Crippen MR) is 41.6 cm³/mol. The van der Waals surface area contributed by atoms with Crippen molar-refractivity contribution in [1.29, 1.82) is 0 Å². The largest absolute Gasteiger partial charge is 0.458 e. The van der Waals surface area contributed by atoms with Crippen LogP contribution in [0.1, 0.15) is 20.3 Å². The summed E-state index contributed by atoms with van der Waals surface area (Å²) in [6.45, 7) is 3.87. The van der Waals surface area contributed by atoms with Crippen LogP contribution in [0.25, 0.3) is 0 Å². The lowest BCUT2D eigenvalue weighted by atomic mass is 10.2. The van der Waals surface area contributed by atoms with E-state index in [1.807, 2.05) is 6.92 Å². The van der Waals surface area contributed by atoms with Crippen LogP contribution < -0.4 is 0 Å². The van der Waals surface area contributed by atoms with Gasteiger partial charge in [-0.1, -0.05) is 0 Å². The molecule has 4 heteroatoms. The highest BCUT2D eigenvalue weighted by Crippen LogP contribution is 2.16. The lowest BCUT2D eigenvalue weighted by Gasteiger charge is -2.15. The first kappa shape index (κ1) is 9.48. The van der Waals surface area contributed by atoms with Crippen molar-refractivity contribution >= 4 is 5.97 Å². The molecule has 0 aromatic carbocycles. The van der Waals surface area contributed by atoms with Crippen LogP contribution in [0.4, 0.5) is 0 Å². The molecule has 0 aromatic rings. The van der Waals surface area contributed by atoms with Gasteiger partial charge in [0.25, 0.3) is 0 Å². The molecular formula is C8H14O4. The topological polar surface area (TPSA) is 55.8 Å². The van der Waals surface area contributed by atoms with Gasteiger partial charge in [0.15, 0.2) is 0 Å². The number of rotatable bonds is 2. The van der Waals surface area contributed by atoms with E-state index in [1.165, 1.54) is 6.92 Å². The standard InChI is InChI=1S/C8H14O4/c1-5(9)8(10)12-7-3-4-11-6(7)2/h5-7,9H,3-4H2,1-2H3/t5-,6?,7?/m0/s1. The van der Waals surface area contributed by atoms with Crippen LogP contribution in [0.3, 0.4) is 0 Å². The van der Waals surface area contributed by atoms with E-state index in [9.17, 15) is 4.79 Å². The van der Waals surface area contributed by atoms with Crippen LogP contribution in [-0.4, -0.2) is 36.0 Å². The lowest BCUT2D eigenvalue weighted by Crippen LogP contribution is -2.29. The number of hydrogen-bond donors (Lipinski definition) is 1. The Bertz CT molecular complexity index is 166. The minimum Gasteiger partial charge on any atom is -0.458 e. The highest BCUT2D eigenvalue weighted by molar-refractivity contribution is 5.74. The number of esters is 1. The van der Waals surface area contributed by atoms with Crippen molar-refractivity contribution < 1.29 is 19.4 Å². The van der Waals surface area contributed by atoms with Gasteiger partial charge in [-0.15, -0.1) is 0 Å². The van der Waals surface area contributed by atoms with Crippen LogP contribution in [0.2, 0.25) is 0 Å². The molecule has 0 aromatic heterocycles. The molecule has 70 valence electrons. The van der Waals surface area contributed by atoms with E-state index in [1.54, 1.807) is 0 Å². The Morgan fingerprint density at radius 2 is 2.42 bits per heavy atom. The number of ether oxygens (including phenoxy) is 2.